The number of hydrogen-bond donors (Lipinski definition) is 2. The molecule has 0 bridgehead atoms. The van der Waals surface area contributed by atoms with Crippen LogP contribution in [0.1, 0.15) is 30.8 Å². The summed E-state index contributed by atoms with van der Waals surface area (Å²) >= 11 is 0. The van der Waals surface area contributed by atoms with Gasteiger partial charge in [-0.05, 0) is 47.7 Å². The van der Waals surface area contributed by atoms with E-state index in [-0.39, 0.29) is 28.3 Å². The molecule has 2 amide bonds. The molecule has 11 heteroatoms. The highest BCUT2D eigenvalue weighted by atomic mass is 32.2. The van der Waals surface area contributed by atoms with Crippen molar-refractivity contribution in [2.45, 2.75) is 31.3 Å². The first-order valence-electron chi connectivity index (χ1n) is 12.4. The molecule has 0 radical (unpaired) electrons. The van der Waals surface area contributed by atoms with Gasteiger partial charge in [0.05, 0.1) is 4.90 Å². The van der Waals surface area contributed by atoms with Gasteiger partial charge in [-0.15, -0.1) is 0 Å². The van der Waals surface area contributed by atoms with E-state index in [1.165, 1.54) is 35.9 Å². The first kappa shape index (κ1) is 28.2. The number of ether oxygens (including phenoxy) is 1. The lowest BCUT2D eigenvalue weighted by atomic mass is 9.97. The van der Waals surface area contributed by atoms with Crippen molar-refractivity contribution in [3.05, 3.63) is 94.9 Å². The Morgan fingerprint density at radius 1 is 0.900 bits per heavy atom. The van der Waals surface area contributed by atoms with Gasteiger partial charge in [-0.2, -0.15) is 0 Å². The molecule has 4 rings (SSSR count). The van der Waals surface area contributed by atoms with E-state index in [0.29, 0.717) is 21.9 Å². The van der Waals surface area contributed by atoms with Crippen molar-refractivity contribution in [1.29, 1.82) is 0 Å². The van der Waals surface area contributed by atoms with Gasteiger partial charge < -0.3 is 14.6 Å². The van der Waals surface area contributed by atoms with Crippen molar-refractivity contribution >= 4 is 44.3 Å². The Bertz CT molecular complexity index is 1760. The second kappa shape index (κ2) is 11.5. The Morgan fingerprint density at radius 3 is 2.10 bits per heavy atom. The fourth-order valence-electron chi connectivity index (χ4n) is 4.30. The molecule has 0 fully saturated rings. The van der Waals surface area contributed by atoms with Gasteiger partial charge in [0.15, 0.2) is 6.10 Å². The van der Waals surface area contributed by atoms with Crippen LogP contribution in [0.3, 0.4) is 0 Å². The van der Waals surface area contributed by atoms with Crippen LogP contribution >= 0.6 is 0 Å². The summed E-state index contributed by atoms with van der Waals surface area (Å²) in [7, 11) is -2.55. The standard InChI is InChI=1S/C29H27N3O7S/c1-4-24(27(34)30-20-14-16-21(17-15-20)40(37,38)31-18(2)33)39-29(36)26-25(19-10-6-5-7-11-19)22-12-8-9-13-23(22)28(35)32(26)3/h5-17,24H,4H2,1-3H3,(H,30,34)(H,31,33). The minimum Gasteiger partial charge on any atom is -0.448 e. The van der Waals surface area contributed by atoms with Crippen LogP contribution in [0, 0.1) is 0 Å². The number of nitrogens with zero attached hydrogens (tertiary/aromatic N) is 1. The number of esters is 1. The van der Waals surface area contributed by atoms with Gasteiger partial charge >= 0.3 is 5.97 Å². The molecule has 0 saturated heterocycles. The van der Waals surface area contributed by atoms with Crippen LogP contribution in [-0.2, 0) is 31.4 Å². The van der Waals surface area contributed by atoms with Crippen molar-refractivity contribution in [3.63, 3.8) is 0 Å². The number of sulfonamides is 1. The van der Waals surface area contributed by atoms with Crippen molar-refractivity contribution in [1.82, 2.24) is 9.29 Å². The molecule has 206 valence electrons. The number of benzene rings is 3. The van der Waals surface area contributed by atoms with Crippen LogP contribution in [0.15, 0.2) is 88.6 Å². The number of pyridine rings is 1. The molecule has 10 nitrogen and oxygen atoms in total. The second-order valence-corrected chi connectivity index (χ2v) is 10.7. The number of aromatic nitrogens is 1. The minimum atomic E-state index is -4.03. The summed E-state index contributed by atoms with van der Waals surface area (Å²) in [5.74, 6) is -2.22. The first-order valence-corrected chi connectivity index (χ1v) is 13.8. The van der Waals surface area contributed by atoms with Crippen LogP contribution in [0.25, 0.3) is 21.9 Å². The van der Waals surface area contributed by atoms with Crippen molar-refractivity contribution < 1.29 is 27.5 Å². The normalized spacial score (nSPS) is 12.0. The van der Waals surface area contributed by atoms with Crippen molar-refractivity contribution in [3.8, 4) is 11.1 Å². The molecule has 1 aromatic heterocycles. The summed E-state index contributed by atoms with van der Waals surface area (Å²) in [6.07, 6.45) is -1.07. The lowest BCUT2D eigenvalue weighted by Crippen LogP contribution is -2.34. The summed E-state index contributed by atoms with van der Waals surface area (Å²) in [6.45, 7) is 2.75. The van der Waals surface area contributed by atoms with Crippen LogP contribution in [0.5, 0.6) is 0 Å². The van der Waals surface area contributed by atoms with Crippen LogP contribution < -0.4 is 15.6 Å². The minimum absolute atomic E-state index is 0.00804. The Kier molecular flexibility index (Phi) is 8.15. The molecule has 0 aliphatic carbocycles. The SMILES string of the molecule is CCC(OC(=O)c1c(-c2ccccc2)c2ccccc2c(=O)n1C)C(=O)Nc1ccc(S(=O)(=O)NC(C)=O)cc1. The van der Waals surface area contributed by atoms with Crippen molar-refractivity contribution in [2.75, 3.05) is 5.32 Å². The molecule has 0 spiro atoms. The van der Waals surface area contributed by atoms with Gasteiger partial charge in [-0.1, -0.05) is 55.5 Å². The summed E-state index contributed by atoms with van der Waals surface area (Å²) < 4.78 is 33.0. The van der Waals surface area contributed by atoms with E-state index in [1.54, 1.807) is 31.2 Å². The van der Waals surface area contributed by atoms with Gasteiger partial charge in [0, 0.05) is 30.6 Å². The second-order valence-electron chi connectivity index (χ2n) is 8.98. The van der Waals surface area contributed by atoms with Crippen LogP contribution in [0.2, 0.25) is 0 Å². The van der Waals surface area contributed by atoms with Gasteiger partial charge in [0.2, 0.25) is 5.91 Å². The number of carbonyl (C=O) groups excluding carboxylic acids is 3. The highest BCUT2D eigenvalue weighted by molar-refractivity contribution is 7.90. The highest BCUT2D eigenvalue weighted by Crippen LogP contribution is 2.31. The summed E-state index contributed by atoms with van der Waals surface area (Å²) in [5, 5.41) is 3.62. The molecule has 0 aliphatic rings. The number of rotatable bonds is 8. The van der Waals surface area contributed by atoms with Crippen LogP contribution in [0.4, 0.5) is 5.69 Å². The van der Waals surface area contributed by atoms with Crippen LogP contribution in [-0.4, -0.2) is 36.9 Å². The van der Waals surface area contributed by atoms with E-state index in [0.717, 1.165) is 6.92 Å². The summed E-state index contributed by atoms with van der Waals surface area (Å²) in [4.78, 5) is 50.7. The van der Waals surface area contributed by atoms with E-state index >= 15 is 0 Å². The molecule has 3 aromatic carbocycles. The molecule has 1 heterocycles. The average molecular weight is 562 g/mol. The molecule has 2 N–H and O–H groups in total. The molecule has 1 atom stereocenters. The monoisotopic (exact) mass is 561 g/mol. The maximum absolute atomic E-state index is 13.6. The maximum atomic E-state index is 13.6. The fourth-order valence-corrected chi connectivity index (χ4v) is 5.29. The van der Waals surface area contributed by atoms with Gasteiger partial charge in [-0.3, -0.25) is 14.4 Å². The van der Waals surface area contributed by atoms with Gasteiger partial charge in [0.25, 0.3) is 21.5 Å². The number of fused-ring (bicyclic) bond motifs is 1. The van der Waals surface area contributed by atoms with Gasteiger partial charge in [-0.25, -0.2) is 17.9 Å². The third-order valence-electron chi connectivity index (χ3n) is 6.18. The smallest absolute Gasteiger partial charge is 0.356 e. The van der Waals surface area contributed by atoms with E-state index in [9.17, 15) is 27.6 Å². The first-order chi connectivity index (χ1) is 19.0. The number of amides is 2. The van der Waals surface area contributed by atoms with E-state index < -0.39 is 33.9 Å². The Morgan fingerprint density at radius 2 is 1.50 bits per heavy atom. The lowest BCUT2D eigenvalue weighted by Gasteiger charge is -2.20. The molecule has 4 aromatic rings. The van der Waals surface area contributed by atoms with Gasteiger partial charge in [0.1, 0.15) is 5.69 Å². The zero-order chi connectivity index (χ0) is 29.0. The largest absolute Gasteiger partial charge is 0.448 e. The quantitative estimate of drug-likeness (QED) is 0.313. The zero-order valence-corrected chi connectivity index (χ0v) is 22.8. The lowest BCUT2D eigenvalue weighted by molar-refractivity contribution is -0.124. The molecular weight excluding hydrogens is 534 g/mol. The highest BCUT2D eigenvalue weighted by Gasteiger charge is 2.28. The Hall–Kier alpha value is -4.77. The number of carbonyl (C=O) groups is 3. The molecule has 1 unspecified atom stereocenters. The molecule has 40 heavy (non-hydrogen) atoms. The van der Waals surface area contributed by atoms with Crippen molar-refractivity contribution in [2.24, 2.45) is 7.05 Å². The third-order valence-corrected chi connectivity index (χ3v) is 7.63. The Balaban J connectivity index is 1.63. The zero-order valence-electron chi connectivity index (χ0n) is 22.0. The molecule has 0 saturated carbocycles. The predicted molar refractivity (Wildman–Crippen MR) is 150 cm³/mol. The third kappa shape index (κ3) is 5.79. The van der Waals surface area contributed by atoms with E-state index in [2.05, 4.69) is 5.32 Å². The Labute approximate surface area is 230 Å². The molecular formula is C29H27N3O7S. The van der Waals surface area contributed by atoms with E-state index in [4.69, 9.17) is 4.74 Å². The summed E-state index contributed by atoms with van der Waals surface area (Å²) in [6, 6.07) is 21.2. The average Bonchev–Trinajstić information content (AvgIpc) is 2.93. The fraction of sp³-hybridized carbons (Fsp3) is 0.172. The number of anilines is 1. The van der Waals surface area contributed by atoms with E-state index in [1.807, 2.05) is 35.1 Å². The number of hydrogen-bond acceptors (Lipinski definition) is 7. The topological polar surface area (TPSA) is 141 Å². The predicted octanol–water partition coefficient (Wildman–Crippen LogP) is 3.60. The number of nitrogens with one attached hydrogen (secondary N) is 2. The maximum Gasteiger partial charge on any atom is 0.356 e. The molecule has 0 aliphatic heterocycles. The summed E-state index contributed by atoms with van der Waals surface area (Å²) in [5.41, 5.74) is 1.09.